The lowest BCUT2D eigenvalue weighted by Crippen LogP contribution is -2.21. The summed E-state index contributed by atoms with van der Waals surface area (Å²) in [5, 5.41) is 1.28. The van der Waals surface area contributed by atoms with Crippen molar-refractivity contribution in [2.24, 2.45) is 4.99 Å². The standard InChI is InChI=1S/C22H31N3O2S2/c1-4-7-11-16-14-9-8-10-15(14)18-19-20(29-21(18)25-16)22(24-13-23-19)28-12-17(26-5-2)27-6-3/h13,17-18,21H,4-12H2,1-3H3/t18-,21-/m1/s1. The lowest BCUT2D eigenvalue weighted by molar-refractivity contribution is -0.120. The van der Waals surface area contributed by atoms with Crippen molar-refractivity contribution in [3.05, 3.63) is 23.2 Å². The van der Waals surface area contributed by atoms with E-state index in [1.54, 1.807) is 29.2 Å². The van der Waals surface area contributed by atoms with Crippen LogP contribution < -0.4 is 0 Å². The summed E-state index contributed by atoms with van der Waals surface area (Å²) in [6.07, 6.45) is 8.74. The third-order valence-electron chi connectivity index (χ3n) is 5.71. The number of thioether (sulfide) groups is 2. The van der Waals surface area contributed by atoms with E-state index in [0.717, 1.165) is 17.2 Å². The second-order valence-corrected chi connectivity index (χ2v) is 9.70. The van der Waals surface area contributed by atoms with Gasteiger partial charge in [0.25, 0.3) is 0 Å². The topological polar surface area (TPSA) is 56.6 Å². The molecule has 0 spiro atoms. The maximum Gasteiger partial charge on any atom is 0.166 e. The minimum Gasteiger partial charge on any atom is -0.352 e. The number of hydrogen-bond donors (Lipinski definition) is 0. The summed E-state index contributed by atoms with van der Waals surface area (Å²) in [5.41, 5.74) is 5.72. The zero-order valence-electron chi connectivity index (χ0n) is 17.6. The zero-order valence-corrected chi connectivity index (χ0v) is 19.3. The van der Waals surface area contributed by atoms with E-state index in [1.165, 1.54) is 48.4 Å². The molecule has 3 aliphatic rings. The van der Waals surface area contributed by atoms with E-state index in [-0.39, 0.29) is 11.7 Å². The number of fused-ring (bicyclic) bond motifs is 4. The second-order valence-electron chi connectivity index (χ2n) is 7.57. The third-order valence-corrected chi connectivity index (χ3v) is 8.12. The molecule has 5 nitrogen and oxygen atoms in total. The van der Waals surface area contributed by atoms with Crippen LogP contribution in [-0.4, -0.2) is 46.3 Å². The molecule has 29 heavy (non-hydrogen) atoms. The highest BCUT2D eigenvalue weighted by Crippen LogP contribution is 2.56. The second kappa shape index (κ2) is 9.94. The highest BCUT2D eigenvalue weighted by atomic mass is 32.2. The third kappa shape index (κ3) is 4.43. The number of hydrogen-bond acceptors (Lipinski definition) is 7. The highest BCUT2D eigenvalue weighted by Gasteiger charge is 2.44. The lowest BCUT2D eigenvalue weighted by atomic mass is 9.87. The minimum atomic E-state index is -0.197. The Balaban J connectivity index is 1.57. The average molecular weight is 434 g/mol. The van der Waals surface area contributed by atoms with Gasteiger partial charge in [-0.25, -0.2) is 9.97 Å². The molecular formula is C22H31N3O2S2. The fourth-order valence-electron chi connectivity index (χ4n) is 4.46. The number of unbranched alkanes of at least 4 members (excludes halogenated alkanes) is 1. The van der Waals surface area contributed by atoms with E-state index in [1.807, 2.05) is 25.6 Å². The van der Waals surface area contributed by atoms with E-state index >= 15 is 0 Å². The van der Waals surface area contributed by atoms with Crippen molar-refractivity contribution in [2.75, 3.05) is 19.0 Å². The smallest absolute Gasteiger partial charge is 0.166 e. The predicted octanol–water partition coefficient (Wildman–Crippen LogP) is 5.61. The van der Waals surface area contributed by atoms with Crippen LogP contribution in [0.15, 0.2) is 32.4 Å². The summed E-state index contributed by atoms with van der Waals surface area (Å²) in [5.74, 6) is 1.08. The fraction of sp³-hybridized carbons (Fsp3) is 0.682. The van der Waals surface area contributed by atoms with Gasteiger partial charge in [-0.3, -0.25) is 4.99 Å². The first-order valence-electron chi connectivity index (χ1n) is 10.9. The predicted molar refractivity (Wildman–Crippen MR) is 120 cm³/mol. The monoisotopic (exact) mass is 433 g/mol. The molecule has 1 aromatic heterocycles. The number of dihydropyridines is 1. The van der Waals surface area contributed by atoms with E-state index in [2.05, 4.69) is 11.9 Å². The molecule has 0 fully saturated rings. The molecule has 0 unspecified atom stereocenters. The molecule has 0 bridgehead atoms. The largest absolute Gasteiger partial charge is 0.352 e. The van der Waals surface area contributed by atoms with Gasteiger partial charge in [-0.2, -0.15) is 0 Å². The Morgan fingerprint density at radius 1 is 1.17 bits per heavy atom. The normalized spacial score (nSPS) is 22.7. The number of rotatable bonds is 10. The first kappa shape index (κ1) is 21.3. The fourth-order valence-corrected chi connectivity index (χ4v) is 6.93. The van der Waals surface area contributed by atoms with Gasteiger partial charge in [0.1, 0.15) is 16.7 Å². The Morgan fingerprint density at radius 2 is 2.00 bits per heavy atom. The van der Waals surface area contributed by atoms with Crippen LogP contribution in [0.4, 0.5) is 0 Å². The van der Waals surface area contributed by atoms with Crippen LogP contribution >= 0.6 is 23.5 Å². The molecular weight excluding hydrogens is 402 g/mol. The van der Waals surface area contributed by atoms with Crippen LogP contribution in [0.5, 0.6) is 0 Å². The van der Waals surface area contributed by atoms with E-state index in [9.17, 15) is 0 Å². The molecule has 0 saturated heterocycles. The Kier molecular flexibility index (Phi) is 7.32. The molecule has 0 saturated carbocycles. The van der Waals surface area contributed by atoms with Gasteiger partial charge in [-0.15, -0.1) is 0 Å². The molecule has 0 aromatic carbocycles. The van der Waals surface area contributed by atoms with Crippen LogP contribution in [0.2, 0.25) is 0 Å². The first-order chi connectivity index (χ1) is 14.3. The summed E-state index contributed by atoms with van der Waals surface area (Å²) < 4.78 is 11.4. The Morgan fingerprint density at radius 3 is 2.76 bits per heavy atom. The number of allylic oxidation sites excluding steroid dienone is 1. The van der Waals surface area contributed by atoms with Crippen molar-refractivity contribution in [3.63, 3.8) is 0 Å². The van der Waals surface area contributed by atoms with E-state index < -0.39 is 0 Å². The van der Waals surface area contributed by atoms with Crippen molar-refractivity contribution in [1.29, 1.82) is 0 Å². The molecule has 1 aliphatic carbocycles. The van der Waals surface area contributed by atoms with Gasteiger partial charge < -0.3 is 9.47 Å². The molecule has 2 atom stereocenters. The molecule has 4 rings (SSSR count). The summed E-state index contributed by atoms with van der Waals surface area (Å²) in [4.78, 5) is 15.8. The maximum absolute atomic E-state index is 5.70. The highest BCUT2D eigenvalue weighted by molar-refractivity contribution is 8.02. The summed E-state index contributed by atoms with van der Waals surface area (Å²) in [6, 6.07) is 0. The minimum absolute atomic E-state index is 0.197. The van der Waals surface area contributed by atoms with Crippen molar-refractivity contribution in [3.8, 4) is 0 Å². The van der Waals surface area contributed by atoms with Crippen molar-refractivity contribution in [2.45, 2.75) is 86.8 Å². The Hall–Kier alpha value is -0.890. The molecule has 2 aliphatic heterocycles. The molecule has 7 heteroatoms. The van der Waals surface area contributed by atoms with Crippen LogP contribution in [-0.2, 0) is 9.47 Å². The number of nitrogens with zero attached hydrogens (tertiary/aromatic N) is 3. The quantitative estimate of drug-likeness (QED) is 0.272. The number of aromatic nitrogens is 2. The van der Waals surface area contributed by atoms with Crippen LogP contribution in [0.1, 0.15) is 70.9 Å². The van der Waals surface area contributed by atoms with Gasteiger partial charge >= 0.3 is 0 Å². The summed E-state index contributed by atoms with van der Waals surface area (Å²) in [6.45, 7) is 7.56. The van der Waals surface area contributed by atoms with Crippen LogP contribution in [0.25, 0.3) is 0 Å². The Labute approximate surface area is 182 Å². The molecule has 1 aromatic rings. The number of aliphatic imine (C=N–C) groups is 1. The first-order valence-corrected chi connectivity index (χ1v) is 12.8. The molecule has 3 heterocycles. The van der Waals surface area contributed by atoms with Crippen LogP contribution in [0.3, 0.4) is 0 Å². The molecule has 0 amide bonds. The van der Waals surface area contributed by atoms with Gasteiger partial charge in [0.05, 0.1) is 22.3 Å². The molecule has 0 N–H and O–H groups in total. The van der Waals surface area contributed by atoms with Crippen molar-refractivity contribution < 1.29 is 9.47 Å². The van der Waals surface area contributed by atoms with E-state index in [4.69, 9.17) is 19.5 Å². The zero-order chi connectivity index (χ0) is 20.2. The lowest BCUT2D eigenvalue weighted by Gasteiger charge is -2.26. The van der Waals surface area contributed by atoms with Gasteiger partial charge in [-0.1, -0.05) is 42.4 Å². The van der Waals surface area contributed by atoms with Crippen LogP contribution in [0, 0.1) is 0 Å². The van der Waals surface area contributed by atoms with Crippen molar-refractivity contribution in [1.82, 2.24) is 9.97 Å². The van der Waals surface area contributed by atoms with Gasteiger partial charge in [-0.05, 0) is 51.5 Å². The summed E-state index contributed by atoms with van der Waals surface area (Å²) >= 11 is 3.57. The SMILES string of the molecule is CCCCC1=N[C@@H]2Sc3c(SCC(OCC)OCC)ncnc3[C@H]2C2=C1CCC2. The van der Waals surface area contributed by atoms with Crippen molar-refractivity contribution >= 4 is 29.2 Å². The Bertz CT molecular complexity index is 790. The molecule has 0 radical (unpaired) electrons. The molecule has 158 valence electrons. The van der Waals surface area contributed by atoms with Gasteiger partial charge in [0.15, 0.2) is 6.29 Å². The maximum atomic E-state index is 5.70. The van der Waals surface area contributed by atoms with Gasteiger partial charge in [0, 0.05) is 18.9 Å². The van der Waals surface area contributed by atoms with Gasteiger partial charge in [0.2, 0.25) is 0 Å². The average Bonchev–Trinajstić information content (AvgIpc) is 3.35. The van der Waals surface area contributed by atoms with E-state index in [0.29, 0.717) is 19.1 Å². The summed E-state index contributed by atoms with van der Waals surface area (Å²) in [7, 11) is 0. The number of ether oxygens (including phenoxy) is 2.